The Kier molecular flexibility index (Phi) is 6.99. The molecule has 0 radical (unpaired) electrons. The van der Waals surface area contributed by atoms with Crippen LogP contribution < -0.4 is 5.14 Å². The van der Waals surface area contributed by atoms with Crippen LogP contribution in [0.15, 0.2) is 29.2 Å². The van der Waals surface area contributed by atoms with E-state index in [-0.39, 0.29) is 15.7 Å². The first kappa shape index (κ1) is 26.6. The van der Waals surface area contributed by atoms with Gasteiger partial charge >= 0.3 is 0 Å². The van der Waals surface area contributed by atoms with E-state index in [4.69, 9.17) is 10.1 Å². The predicted molar refractivity (Wildman–Crippen MR) is 145 cm³/mol. The maximum absolute atomic E-state index is 12.4. The molecule has 3 N–H and O–H groups in total. The zero-order valence-electron chi connectivity index (χ0n) is 22.8. The summed E-state index contributed by atoms with van der Waals surface area (Å²) in [6.45, 7) is 15.5. The number of aromatic amines is 1. The van der Waals surface area contributed by atoms with Crippen LogP contribution in [0.3, 0.4) is 0 Å². The lowest BCUT2D eigenvalue weighted by molar-refractivity contribution is 0.318. The van der Waals surface area contributed by atoms with E-state index in [9.17, 15) is 8.42 Å². The quantitative estimate of drug-likeness (QED) is 0.433. The molecule has 7 nitrogen and oxygen atoms in total. The highest BCUT2D eigenvalue weighted by atomic mass is 32.2. The molecule has 0 saturated heterocycles. The number of hydrogen-bond acceptors (Lipinski definition) is 4. The molecular formula is C28H41N5O2S. The van der Waals surface area contributed by atoms with E-state index in [1.165, 1.54) is 32.1 Å². The summed E-state index contributed by atoms with van der Waals surface area (Å²) >= 11 is 0. The van der Waals surface area contributed by atoms with Gasteiger partial charge in [-0.2, -0.15) is 5.10 Å². The van der Waals surface area contributed by atoms with Gasteiger partial charge in [0.2, 0.25) is 10.0 Å². The average molecular weight is 512 g/mol. The number of aromatic nitrogens is 4. The van der Waals surface area contributed by atoms with E-state index in [1.807, 2.05) is 6.92 Å². The zero-order valence-corrected chi connectivity index (χ0v) is 23.6. The molecule has 36 heavy (non-hydrogen) atoms. The average Bonchev–Trinajstić information content (AvgIpc) is 3.39. The van der Waals surface area contributed by atoms with Crippen molar-refractivity contribution in [3.8, 4) is 22.6 Å². The maximum Gasteiger partial charge on any atom is 0.239 e. The first-order valence-corrected chi connectivity index (χ1v) is 14.5. The van der Waals surface area contributed by atoms with Gasteiger partial charge in [-0.25, -0.2) is 18.5 Å². The lowest BCUT2D eigenvalue weighted by Crippen LogP contribution is -2.17. The van der Waals surface area contributed by atoms with Crippen LogP contribution in [0, 0.1) is 12.8 Å². The molecule has 4 rings (SSSR count). The van der Waals surface area contributed by atoms with E-state index < -0.39 is 10.0 Å². The molecular weight excluding hydrogens is 470 g/mol. The molecule has 0 spiro atoms. The molecule has 1 aromatic carbocycles. The van der Waals surface area contributed by atoms with E-state index in [0.29, 0.717) is 17.4 Å². The van der Waals surface area contributed by atoms with Crippen molar-refractivity contribution in [3.05, 3.63) is 41.3 Å². The van der Waals surface area contributed by atoms with Crippen molar-refractivity contribution in [1.29, 1.82) is 0 Å². The fourth-order valence-corrected chi connectivity index (χ4v) is 6.05. The molecule has 3 aromatic rings. The van der Waals surface area contributed by atoms with E-state index in [1.54, 1.807) is 6.07 Å². The number of nitrogens with zero attached hydrogens (tertiary/aromatic N) is 3. The van der Waals surface area contributed by atoms with Crippen molar-refractivity contribution in [2.75, 3.05) is 0 Å². The summed E-state index contributed by atoms with van der Waals surface area (Å²) < 4.78 is 27.0. The smallest absolute Gasteiger partial charge is 0.239 e. The van der Waals surface area contributed by atoms with Crippen LogP contribution >= 0.6 is 0 Å². The first-order valence-electron chi connectivity index (χ1n) is 13.0. The van der Waals surface area contributed by atoms with Crippen molar-refractivity contribution in [3.63, 3.8) is 0 Å². The van der Waals surface area contributed by atoms with Crippen LogP contribution in [0.1, 0.15) is 90.7 Å². The largest absolute Gasteiger partial charge is 0.343 e. The predicted octanol–water partition coefficient (Wildman–Crippen LogP) is 6.07. The fourth-order valence-electron chi connectivity index (χ4n) is 5.25. The molecule has 1 fully saturated rings. The third-order valence-corrected chi connectivity index (χ3v) is 8.38. The Morgan fingerprint density at radius 1 is 1.03 bits per heavy atom. The van der Waals surface area contributed by atoms with Crippen molar-refractivity contribution < 1.29 is 8.42 Å². The summed E-state index contributed by atoms with van der Waals surface area (Å²) in [5, 5.41) is 13.3. The van der Waals surface area contributed by atoms with Gasteiger partial charge in [-0.1, -0.05) is 72.9 Å². The highest BCUT2D eigenvalue weighted by Gasteiger charge is 2.27. The minimum absolute atomic E-state index is 0.130. The van der Waals surface area contributed by atoms with Gasteiger partial charge in [0.05, 0.1) is 0 Å². The Balaban J connectivity index is 1.85. The number of rotatable bonds is 5. The number of H-pyrrole nitrogens is 1. The Morgan fingerprint density at radius 2 is 1.69 bits per heavy atom. The van der Waals surface area contributed by atoms with Crippen LogP contribution in [0.25, 0.3) is 22.6 Å². The Labute approximate surface area is 216 Å². The van der Waals surface area contributed by atoms with Crippen molar-refractivity contribution in [2.45, 2.75) is 103 Å². The van der Waals surface area contributed by atoms with Crippen LogP contribution in [0.4, 0.5) is 0 Å². The molecule has 0 unspecified atom stereocenters. The van der Waals surface area contributed by atoms with Crippen LogP contribution in [-0.2, 0) is 27.4 Å². The first-order chi connectivity index (χ1) is 16.7. The molecule has 0 amide bonds. The third-order valence-electron chi connectivity index (χ3n) is 7.35. The molecule has 2 heterocycles. The molecule has 0 atom stereocenters. The molecule has 1 aliphatic carbocycles. The van der Waals surface area contributed by atoms with Crippen LogP contribution in [-0.4, -0.2) is 28.2 Å². The monoisotopic (exact) mass is 511 g/mol. The van der Waals surface area contributed by atoms with Gasteiger partial charge in [-0.05, 0) is 54.4 Å². The number of primary sulfonamides is 1. The number of sulfonamides is 1. The SMILES string of the molecule is Cc1c(S(N)(=O)=O)cc(-c2ccc(-c3n[nH]c(C(C)(C)C)n3)c(C(C)(C)C)c2)n1CC1CCCCC1. The molecule has 0 bridgehead atoms. The molecule has 1 aliphatic rings. The Bertz CT molecular complexity index is 1350. The molecule has 0 aliphatic heterocycles. The molecule has 2 aromatic heterocycles. The topological polar surface area (TPSA) is 107 Å². The van der Waals surface area contributed by atoms with E-state index >= 15 is 0 Å². The number of nitrogens with two attached hydrogens (primary N) is 1. The second-order valence-corrected chi connectivity index (χ2v) is 13.9. The summed E-state index contributed by atoms with van der Waals surface area (Å²) in [6.07, 6.45) is 6.10. The van der Waals surface area contributed by atoms with Gasteiger partial charge in [0, 0.05) is 28.9 Å². The minimum atomic E-state index is -3.83. The highest BCUT2D eigenvalue weighted by molar-refractivity contribution is 7.89. The molecule has 196 valence electrons. The standard InChI is InChI=1S/C28H41N5O2S/c1-18-24(36(29,34)35)16-23(33(18)17-19-11-9-8-10-12-19)20-13-14-21(22(15-20)27(2,3)4)25-30-26(32-31-25)28(5,6)7/h13-16,19H,8-12,17H2,1-7H3,(H2,29,34,35)(H,30,31,32). The number of hydrogen-bond donors (Lipinski definition) is 2. The van der Waals surface area contributed by atoms with Crippen LogP contribution in [0.5, 0.6) is 0 Å². The second kappa shape index (κ2) is 9.45. The van der Waals surface area contributed by atoms with Crippen LogP contribution in [0.2, 0.25) is 0 Å². The molecule has 1 saturated carbocycles. The van der Waals surface area contributed by atoms with Gasteiger partial charge in [0.1, 0.15) is 10.7 Å². The maximum atomic E-state index is 12.4. The Morgan fingerprint density at radius 3 is 2.25 bits per heavy atom. The second-order valence-electron chi connectivity index (χ2n) is 12.4. The van der Waals surface area contributed by atoms with Crippen molar-refractivity contribution in [2.24, 2.45) is 11.1 Å². The van der Waals surface area contributed by atoms with Gasteiger partial charge in [0.15, 0.2) is 5.82 Å². The fraction of sp³-hybridized carbons (Fsp3) is 0.571. The lowest BCUT2D eigenvalue weighted by atomic mass is 9.82. The van der Waals surface area contributed by atoms with E-state index in [2.05, 4.69) is 74.5 Å². The number of nitrogens with one attached hydrogen (secondary N) is 1. The zero-order chi connectivity index (χ0) is 26.5. The summed E-state index contributed by atoms with van der Waals surface area (Å²) in [7, 11) is -3.83. The number of benzene rings is 1. The van der Waals surface area contributed by atoms with Crippen molar-refractivity contribution >= 4 is 10.0 Å². The molecule has 8 heteroatoms. The Hall–Kier alpha value is -2.45. The van der Waals surface area contributed by atoms with Gasteiger partial charge in [-0.3, -0.25) is 5.10 Å². The van der Waals surface area contributed by atoms with Gasteiger partial charge in [-0.15, -0.1) is 0 Å². The van der Waals surface area contributed by atoms with Crippen molar-refractivity contribution in [1.82, 2.24) is 19.7 Å². The normalized spacial score (nSPS) is 16.0. The summed E-state index contributed by atoms with van der Waals surface area (Å²) in [5.74, 6) is 2.06. The van der Waals surface area contributed by atoms with E-state index in [0.717, 1.165) is 34.8 Å². The summed E-state index contributed by atoms with van der Waals surface area (Å²) in [6, 6.07) is 8.03. The van der Waals surface area contributed by atoms with Gasteiger partial charge in [0.25, 0.3) is 0 Å². The summed E-state index contributed by atoms with van der Waals surface area (Å²) in [4.78, 5) is 5.01. The minimum Gasteiger partial charge on any atom is -0.343 e. The summed E-state index contributed by atoms with van der Waals surface area (Å²) in [5.41, 5.74) is 4.37. The third kappa shape index (κ3) is 5.44. The lowest BCUT2D eigenvalue weighted by Gasteiger charge is -2.25. The van der Waals surface area contributed by atoms with Gasteiger partial charge < -0.3 is 4.57 Å². The highest BCUT2D eigenvalue weighted by Crippen LogP contribution is 2.38.